The second-order valence-electron chi connectivity index (χ2n) is 37.9. The number of nitrogens with zero attached hydrogens (tertiary/aromatic N) is 11. The van der Waals surface area contributed by atoms with Gasteiger partial charge in [-0.25, -0.2) is 42.9 Å². The maximum atomic E-state index is 14.8. The van der Waals surface area contributed by atoms with Gasteiger partial charge < -0.3 is 46.2 Å². The number of amides is 9. The molecule has 5 N–H and O–H groups in total. The highest BCUT2D eigenvalue weighted by Gasteiger charge is 2.36. The summed E-state index contributed by atoms with van der Waals surface area (Å²) in [6.45, 7) is 24.5. The molecule has 3 aromatic heterocycles. The Labute approximate surface area is 852 Å². The van der Waals surface area contributed by atoms with Crippen molar-refractivity contribution in [1.29, 1.82) is 0 Å². The predicted molar refractivity (Wildman–Crippen MR) is 583 cm³/mol. The molecule has 0 spiro atoms. The van der Waals surface area contributed by atoms with Crippen molar-refractivity contribution < 1.29 is 32.8 Å². The zero-order valence-corrected chi connectivity index (χ0v) is 85.3. The smallest absolute Gasteiger partial charge is 0.329 e. The molecule has 0 radical (unpaired) electrons. The summed E-state index contributed by atoms with van der Waals surface area (Å²) in [6.07, 6.45) is 7.53. The van der Waals surface area contributed by atoms with E-state index < -0.39 is 41.8 Å². The summed E-state index contributed by atoms with van der Waals surface area (Å²) < 4.78 is 31.8. The quantitative estimate of drug-likeness (QED) is 0.0263. The van der Waals surface area contributed by atoms with Gasteiger partial charge >= 0.3 is 24.1 Å². The van der Waals surface area contributed by atoms with Crippen LogP contribution in [0.1, 0.15) is 175 Å². The van der Waals surface area contributed by atoms with Gasteiger partial charge in [-0.15, -0.1) is 0 Å². The maximum absolute atomic E-state index is 14.8. The van der Waals surface area contributed by atoms with Gasteiger partial charge in [-0.3, -0.25) is 37.8 Å². The topological polar surface area (TPSA) is 266 Å². The predicted octanol–water partition coefficient (Wildman–Crippen LogP) is 24.9. The lowest BCUT2D eigenvalue weighted by atomic mass is 9.87. The molecule has 17 rings (SSSR count). The lowest BCUT2D eigenvalue weighted by Crippen LogP contribution is -2.51. The Morgan fingerprint density at radius 3 is 1.55 bits per heavy atom. The highest BCUT2D eigenvalue weighted by atomic mass is 19.1. The minimum atomic E-state index is -0.885. The van der Waals surface area contributed by atoms with Gasteiger partial charge in [0.25, 0.3) is 16.7 Å². The van der Waals surface area contributed by atoms with Crippen LogP contribution in [0.3, 0.4) is 0 Å². The second-order valence-corrected chi connectivity index (χ2v) is 37.9. The van der Waals surface area contributed by atoms with E-state index in [1.807, 2.05) is 364 Å². The first kappa shape index (κ1) is 106. The molecule has 0 saturated heterocycles. The molecule has 3 heterocycles. The third-order valence-corrected chi connectivity index (χ3v) is 26.0. The Hall–Kier alpha value is -16.1. The molecule has 24 nitrogen and oxygen atoms in total. The number of para-hydroxylation sites is 6. The van der Waals surface area contributed by atoms with Gasteiger partial charge in [-0.1, -0.05) is 267 Å². The number of hydrogen-bond donors (Lipinski definition) is 5. The van der Waals surface area contributed by atoms with Gasteiger partial charge in [0, 0.05) is 44.2 Å². The van der Waals surface area contributed by atoms with E-state index in [-0.39, 0.29) is 64.2 Å². The average molecular weight is 1960 g/mol. The fourth-order valence-corrected chi connectivity index (χ4v) is 18.5. The summed E-state index contributed by atoms with van der Waals surface area (Å²) in [6, 6.07) is 96.0. The Morgan fingerprint density at radius 1 is 0.466 bits per heavy atom. The molecular weight excluding hydrogens is 1830 g/mol. The van der Waals surface area contributed by atoms with Crippen molar-refractivity contribution in [2.45, 2.75) is 164 Å². The zero-order chi connectivity index (χ0) is 104. The first-order valence-electron chi connectivity index (χ1n) is 50.2. The third kappa shape index (κ3) is 26.1. The van der Waals surface area contributed by atoms with E-state index >= 15 is 0 Å². The Balaban J connectivity index is 0.000000155. The summed E-state index contributed by atoms with van der Waals surface area (Å²) in [5.41, 5.74) is 12.2. The Bertz CT molecular complexity index is 7380. The van der Waals surface area contributed by atoms with Crippen LogP contribution in [0.5, 0.6) is 0 Å². The molecule has 1 aliphatic rings. The van der Waals surface area contributed by atoms with Crippen LogP contribution < -0.4 is 48.2 Å². The van der Waals surface area contributed by atoms with Crippen LogP contribution in [0.2, 0.25) is 0 Å². The molecule has 5 atom stereocenters. The normalized spacial score (nSPS) is 12.9. The molecule has 752 valence electrons. The number of aryl methyl sites for hydroxylation is 4. The lowest BCUT2D eigenvalue weighted by molar-refractivity contribution is -0.124. The van der Waals surface area contributed by atoms with Crippen molar-refractivity contribution in [2.24, 2.45) is 11.8 Å². The van der Waals surface area contributed by atoms with E-state index in [4.69, 9.17) is 15.0 Å². The number of carbonyl (C=O) groups excluding carboxylic acids is 5. The molecule has 0 fully saturated rings. The van der Waals surface area contributed by atoms with Crippen LogP contribution in [0.4, 0.5) is 50.7 Å². The molecular formula is C120H130F2N16O8. The van der Waals surface area contributed by atoms with E-state index in [0.29, 0.717) is 95.4 Å². The number of unbranched alkanes of at least 4 members (excludes halogenated alkanes) is 3. The summed E-state index contributed by atoms with van der Waals surface area (Å²) >= 11 is 0. The molecule has 5 unspecified atom stereocenters. The number of nitrogens with one attached hydrogen (secondary N) is 5. The van der Waals surface area contributed by atoms with Crippen LogP contribution >= 0.6 is 0 Å². The molecule has 26 heteroatoms. The number of urea groups is 4. The van der Waals surface area contributed by atoms with Crippen LogP contribution in [0.25, 0.3) is 60.5 Å². The van der Waals surface area contributed by atoms with Gasteiger partial charge in [-0.05, 0) is 241 Å². The molecule has 13 aromatic carbocycles. The molecule has 1 aliphatic carbocycles. The fourth-order valence-electron chi connectivity index (χ4n) is 18.5. The maximum Gasteiger partial charge on any atom is 0.329 e. The van der Waals surface area contributed by atoms with Crippen LogP contribution in [-0.4, -0.2) is 125 Å². The highest BCUT2D eigenvalue weighted by Crippen LogP contribution is 2.37. The van der Waals surface area contributed by atoms with E-state index in [1.165, 1.54) is 5.56 Å². The van der Waals surface area contributed by atoms with E-state index in [0.717, 1.165) is 130 Å². The van der Waals surface area contributed by atoms with Crippen molar-refractivity contribution >= 4 is 96.3 Å². The summed E-state index contributed by atoms with van der Waals surface area (Å²) in [5.74, 6) is -0.273. The largest absolute Gasteiger partial charge is 0.347 e. The van der Waals surface area contributed by atoms with E-state index in [9.17, 15) is 47.1 Å². The third-order valence-electron chi connectivity index (χ3n) is 26.0. The standard InChI is InChI=1S/C35H37N5O2.C32H32N4O2.C31H36N4O2.C22H25F2N3O2/c1-5-32(33-36-31-22-13-12-21-30(31)34(41)40(33)29-20-14-15-26(2)25-29)38(24-23-37(3)4)35(42)39(27-16-8-6-9-17-27)28-18-10-7-11-19-28;1-21(2)20-35(32(38)34-27-18-11-14-24-13-6-7-15-25(24)27)23(4)30-33-28-17-9-8-16-26(28)31(37)36(30)29-19-10-5-12-22(29)3;1-4-5-6-12-20-34(31(37)32-22-25-15-8-7-9-16-25)24(3)29-33-28-19-11-10-18-27(28)30(36)35(29)26-17-13-14-23(2)21-26;1-13(2)20(27-22(29)26-19-11-10-15(23)12-17(19)24)21(28)25-18-9-5-7-14-6-3-4-8-16(14)18/h6-22,25,32H,5,23-24H2,1-4H3;5-19,21,23H,20H2,1-4H3,(H,34,38);7-11,13-19,21,24H,4-6,12,20,22H2,1-3H3,(H,32,37);3-4,6,8,10-13,18,20H,5,7,9H2,1-2H3,(H,25,28)(H2,26,27,29). The number of likely N-dealkylation sites (N-methyl/N-ethyl adjacent to an activating group) is 1. The first-order chi connectivity index (χ1) is 70.6. The number of benzene rings is 13. The first-order valence-corrected chi connectivity index (χ1v) is 50.2. The van der Waals surface area contributed by atoms with Gasteiger partial charge in [0.1, 0.15) is 35.1 Å². The molecule has 146 heavy (non-hydrogen) atoms. The molecule has 0 saturated carbocycles. The summed E-state index contributed by atoms with van der Waals surface area (Å²) in [5, 5.41) is 17.9. The number of carbonyl (C=O) groups is 5. The number of fused-ring (bicyclic) bond motifs is 5. The fraction of sp³-hybridized carbons (Fsp3) is 0.275. The Kier molecular flexibility index (Phi) is 36.4. The molecule has 0 bridgehead atoms. The number of halogens is 2. The molecule has 16 aromatic rings. The number of aromatic nitrogens is 6. The van der Waals surface area contributed by atoms with Gasteiger partial charge in [0.15, 0.2) is 0 Å². The summed E-state index contributed by atoms with van der Waals surface area (Å²) in [4.78, 5) is 133. The number of anilines is 4. The van der Waals surface area contributed by atoms with Crippen LogP contribution in [0, 0.1) is 44.2 Å². The molecule has 0 aliphatic heterocycles. The number of hydrogen-bond acceptors (Lipinski definition) is 12. The van der Waals surface area contributed by atoms with Gasteiger partial charge in [-0.2, -0.15) is 0 Å². The zero-order valence-electron chi connectivity index (χ0n) is 85.3. The van der Waals surface area contributed by atoms with Gasteiger partial charge in [0.05, 0.1) is 96.7 Å². The highest BCUT2D eigenvalue weighted by molar-refractivity contribution is 6.02. The van der Waals surface area contributed by atoms with Gasteiger partial charge in [0.2, 0.25) is 5.91 Å². The number of rotatable bonds is 30. The van der Waals surface area contributed by atoms with E-state index in [2.05, 4.69) is 58.3 Å². The average Bonchev–Trinajstić information content (AvgIpc) is 0.782. The minimum absolute atomic E-state index is 0.104. The van der Waals surface area contributed by atoms with Crippen LogP contribution in [-0.2, 0) is 17.8 Å². The monoisotopic (exact) mass is 1960 g/mol. The van der Waals surface area contributed by atoms with Crippen LogP contribution in [0.15, 0.2) is 336 Å². The Morgan fingerprint density at radius 2 is 0.979 bits per heavy atom. The summed E-state index contributed by atoms with van der Waals surface area (Å²) in [7, 11) is 3.99. The SMILES string of the molecule is CC(C)C(NC(=O)Nc1ccc(F)cc1F)C(=O)NC1CCCc2ccccc21.CCC(c1nc2ccccc2c(=O)n1-c1cccc(C)c1)N(CCN(C)C)C(=O)N(c1ccccc1)c1ccccc1.CCCCCCN(C(=O)NCc1ccccc1)C(C)c1nc2ccccc2c(=O)n1-c1cccc(C)c1.Cc1ccccc1-n1c(C(C)N(CC(C)C)C(=O)Nc2cccc3ccccc23)nc2ccccc2c1=O. The molecule has 9 amide bonds. The van der Waals surface area contributed by atoms with Crippen molar-refractivity contribution in [2.75, 3.05) is 55.8 Å². The van der Waals surface area contributed by atoms with E-state index in [1.54, 1.807) is 35.6 Å². The minimum Gasteiger partial charge on any atom is -0.347 e. The van der Waals surface area contributed by atoms with Crippen molar-refractivity contribution in [3.8, 4) is 17.1 Å². The lowest BCUT2D eigenvalue weighted by Gasteiger charge is -2.37. The van der Waals surface area contributed by atoms with Crippen molar-refractivity contribution in [1.82, 2.24) is 64.2 Å². The van der Waals surface area contributed by atoms with Crippen molar-refractivity contribution in [3.63, 3.8) is 0 Å². The second kappa shape index (κ2) is 50.2. The van der Waals surface area contributed by atoms with Crippen molar-refractivity contribution in [3.05, 3.63) is 415 Å².